The lowest BCUT2D eigenvalue weighted by Gasteiger charge is -2.17. The zero-order valence-corrected chi connectivity index (χ0v) is 12.0. The van der Waals surface area contributed by atoms with E-state index >= 15 is 0 Å². The third kappa shape index (κ3) is 2.12. The summed E-state index contributed by atoms with van der Waals surface area (Å²) in [6.45, 7) is 4.55. The highest BCUT2D eigenvalue weighted by atomic mass is 32.1. The number of carboxylic acid groups (broad SMARTS) is 1. The minimum Gasteiger partial charge on any atom is -0.477 e. The maximum Gasteiger partial charge on any atom is 0.346 e. The average molecular weight is 293 g/mol. The minimum absolute atomic E-state index is 0.123. The van der Waals surface area contributed by atoms with E-state index in [1.165, 1.54) is 17.7 Å². The first-order valence-corrected chi connectivity index (χ1v) is 7.25. The molecule has 1 saturated heterocycles. The molecule has 7 heteroatoms. The van der Waals surface area contributed by atoms with Crippen LogP contribution in [0.15, 0.2) is 6.33 Å². The number of aromatic nitrogens is 2. The van der Waals surface area contributed by atoms with Gasteiger partial charge in [0.05, 0.1) is 17.5 Å². The molecule has 0 aliphatic carbocycles. The fourth-order valence-corrected chi connectivity index (χ4v) is 3.47. The first-order valence-electron chi connectivity index (χ1n) is 6.43. The van der Waals surface area contributed by atoms with E-state index in [-0.39, 0.29) is 12.1 Å². The Balaban J connectivity index is 2.04. The van der Waals surface area contributed by atoms with Crippen molar-refractivity contribution < 1.29 is 14.6 Å². The number of carbonyl (C=O) groups is 1. The third-order valence-corrected chi connectivity index (χ3v) is 4.81. The number of aromatic carboxylic acids is 1. The Hall–Kier alpha value is -1.73. The molecule has 2 aromatic rings. The zero-order valence-electron chi connectivity index (χ0n) is 11.2. The zero-order chi connectivity index (χ0) is 14.3. The number of hydrogen-bond acceptors (Lipinski definition) is 6. The van der Waals surface area contributed by atoms with Crippen LogP contribution >= 0.6 is 11.3 Å². The van der Waals surface area contributed by atoms with Crippen LogP contribution in [0.25, 0.3) is 10.2 Å². The van der Waals surface area contributed by atoms with Crippen molar-refractivity contribution in [2.24, 2.45) is 0 Å². The highest BCUT2D eigenvalue weighted by Crippen LogP contribution is 2.34. The van der Waals surface area contributed by atoms with Crippen molar-refractivity contribution in [2.45, 2.75) is 32.4 Å². The van der Waals surface area contributed by atoms with E-state index in [2.05, 4.69) is 15.3 Å². The fourth-order valence-electron chi connectivity index (χ4n) is 2.48. The highest BCUT2D eigenvalue weighted by Gasteiger charge is 2.26. The number of hydrogen-bond donors (Lipinski definition) is 2. The normalized spacial score (nSPS) is 22.3. The smallest absolute Gasteiger partial charge is 0.346 e. The SMILES string of the molecule is Cc1c(C(=O)O)sc2ncnc(NC3CCOC3C)c12. The van der Waals surface area contributed by atoms with Gasteiger partial charge in [-0.15, -0.1) is 11.3 Å². The largest absolute Gasteiger partial charge is 0.477 e. The number of nitrogens with zero attached hydrogens (tertiary/aromatic N) is 2. The molecular weight excluding hydrogens is 278 g/mol. The van der Waals surface area contributed by atoms with Crippen LogP contribution in [0.5, 0.6) is 0 Å². The standard InChI is InChI=1S/C13H15N3O3S/c1-6-9-11(16-8-3-4-19-7(8)2)14-5-15-12(9)20-10(6)13(17)18/h5,7-8H,3-4H2,1-2H3,(H,17,18)(H,14,15,16). The fraction of sp³-hybridized carbons (Fsp3) is 0.462. The topological polar surface area (TPSA) is 84.3 Å². The van der Waals surface area contributed by atoms with E-state index < -0.39 is 5.97 Å². The van der Waals surface area contributed by atoms with Gasteiger partial charge in [0.2, 0.25) is 0 Å². The second-order valence-corrected chi connectivity index (χ2v) is 5.88. The summed E-state index contributed by atoms with van der Waals surface area (Å²) in [5.74, 6) is -0.229. The summed E-state index contributed by atoms with van der Waals surface area (Å²) in [5, 5.41) is 13.4. The van der Waals surface area contributed by atoms with Crippen LogP contribution in [-0.4, -0.2) is 39.8 Å². The highest BCUT2D eigenvalue weighted by molar-refractivity contribution is 7.20. The van der Waals surface area contributed by atoms with Gasteiger partial charge in [0.25, 0.3) is 0 Å². The van der Waals surface area contributed by atoms with E-state index in [1.54, 1.807) is 6.92 Å². The van der Waals surface area contributed by atoms with Gasteiger partial charge < -0.3 is 15.2 Å². The number of rotatable bonds is 3. The Morgan fingerprint density at radius 3 is 3.00 bits per heavy atom. The molecule has 0 radical (unpaired) electrons. The maximum absolute atomic E-state index is 11.2. The Kier molecular flexibility index (Phi) is 3.31. The molecule has 2 atom stereocenters. The van der Waals surface area contributed by atoms with Crippen LogP contribution in [0, 0.1) is 6.92 Å². The Morgan fingerprint density at radius 2 is 2.35 bits per heavy atom. The second-order valence-electron chi connectivity index (χ2n) is 4.88. The average Bonchev–Trinajstić information content (AvgIpc) is 2.95. The van der Waals surface area contributed by atoms with Gasteiger partial charge in [-0.1, -0.05) is 0 Å². The molecule has 1 fully saturated rings. The van der Waals surface area contributed by atoms with E-state index in [0.717, 1.165) is 18.4 Å². The lowest BCUT2D eigenvalue weighted by molar-refractivity contribution is 0.0701. The molecular formula is C13H15N3O3S. The van der Waals surface area contributed by atoms with E-state index in [4.69, 9.17) is 4.74 Å². The molecule has 2 unspecified atom stereocenters. The van der Waals surface area contributed by atoms with Crippen molar-refractivity contribution in [3.63, 3.8) is 0 Å². The van der Waals surface area contributed by atoms with Crippen molar-refractivity contribution in [1.82, 2.24) is 9.97 Å². The number of nitrogens with one attached hydrogen (secondary N) is 1. The molecule has 106 valence electrons. The van der Waals surface area contributed by atoms with Crippen LogP contribution in [0.2, 0.25) is 0 Å². The monoisotopic (exact) mass is 293 g/mol. The predicted octanol–water partition coefficient (Wildman–Crippen LogP) is 2.29. The molecule has 0 spiro atoms. The van der Waals surface area contributed by atoms with Crippen molar-refractivity contribution in [3.8, 4) is 0 Å². The molecule has 1 aliphatic rings. The summed E-state index contributed by atoms with van der Waals surface area (Å²) < 4.78 is 5.53. The number of aryl methyl sites for hydroxylation is 1. The molecule has 3 rings (SSSR count). The molecule has 1 aliphatic heterocycles. The summed E-state index contributed by atoms with van der Waals surface area (Å²) in [6, 6.07) is 0.195. The van der Waals surface area contributed by atoms with Crippen LogP contribution in [0.1, 0.15) is 28.6 Å². The Morgan fingerprint density at radius 1 is 1.55 bits per heavy atom. The number of carboxylic acids is 1. The summed E-state index contributed by atoms with van der Waals surface area (Å²) in [5.41, 5.74) is 0.715. The maximum atomic E-state index is 11.2. The van der Waals surface area contributed by atoms with Crippen LogP contribution in [0.3, 0.4) is 0 Å². The molecule has 3 heterocycles. The molecule has 2 aromatic heterocycles. The number of anilines is 1. The van der Waals surface area contributed by atoms with Gasteiger partial charge in [-0.25, -0.2) is 14.8 Å². The van der Waals surface area contributed by atoms with Crippen molar-refractivity contribution in [3.05, 3.63) is 16.8 Å². The van der Waals surface area contributed by atoms with E-state index in [1.807, 2.05) is 6.92 Å². The minimum atomic E-state index is -0.922. The quantitative estimate of drug-likeness (QED) is 0.903. The summed E-state index contributed by atoms with van der Waals surface area (Å²) in [6.07, 6.45) is 2.51. The molecule has 2 N–H and O–H groups in total. The second kappa shape index (κ2) is 4.99. The molecule has 0 amide bonds. The Labute approximate surface area is 119 Å². The summed E-state index contributed by atoms with van der Waals surface area (Å²) >= 11 is 1.18. The first-order chi connectivity index (χ1) is 9.58. The summed E-state index contributed by atoms with van der Waals surface area (Å²) in [7, 11) is 0. The van der Waals surface area contributed by atoms with Crippen LogP contribution in [-0.2, 0) is 4.74 Å². The van der Waals surface area contributed by atoms with Gasteiger partial charge >= 0.3 is 5.97 Å². The molecule has 0 bridgehead atoms. The van der Waals surface area contributed by atoms with Crippen LogP contribution < -0.4 is 5.32 Å². The van der Waals surface area contributed by atoms with Gasteiger partial charge in [0.1, 0.15) is 21.9 Å². The molecule has 6 nitrogen and oxygen atoms in total. The molecule has 0 saturated carbocycles. The first kappa shape index (κ1) is 13.3. The van der Waals surface area contributed by atoms with Gasteiger partial charge in [-0.3, -0.25) is 0 Å². The van der Waals surface area contributed by atoms with Gasteiger partial charge in [0.15, 0.2) is 0 Å². The Bertz CT molecular complexity index is 670. The molecule has 20 heavy (non-hydrogen) atoms. The van der Waals surface area contributed by atoms with Gasteiger partial charge in [-0.05, 0) is 25.8 Å². The van der Waals surface area contributed by atoms with Crippen molar-refractivity contribution in [2.75, 3.05) is 11.9 Å². The van der Waals surface area contributed by atoms with E-state index in [0.29, 0.717) is 21.1 Å². The van der Waals surface area contributed by atoms with Crippen molar-refractivity contribution >= 4 is 33.3 Å². The van der Waals surface area contributed by atoms with Gasteiger partial charge in [0, 0.05) is 6.61 Å². The lowest BCUT2D eigenvalue weighted by Crippen LogP contribution is -2.27. The van der Waals surface area contributed by atoms with E-state index in [9.17, 15) is 9.90 Å². The number of ether oxygens (including phenoxy) is 1. The number of fused-ring (bicyclic) bond motifs is 1. The third-order valence-electron chi connectivity index (χ3n) is 3.62. The van der Waals surface area contributed by atoms with Gasteiger partial charge in [-0.2, -0.15) is 0 Å². The van der Waals surface area contributed by atoms with Crippen LogP contribution in [0.4, 0.5) is 5.82 Å². The number of thiophene rings is 1. The predicted molar refractivity (Wildman–Crippen MR) is 76.6 cm³/mol. The summed E-state index contributed by atoms with van der Waals surface area (Å²) in [4.78, 5) is 20.7. The molecule has 0 aromatic carbocycles. The van der Waals surface area contributed by atoms with Crippen molar-refractivity contribution in [1.29, 1.82) is 0 Å². The lowest BCUT2D eigenvalue weighted by atomic mass is 10.1.